The van der Waals surface area contributed by atoms with Gasteiger partial charge in [0.2, 0.25) is 0 Å². The lowest BCUT2D eigenvalue weighted by Gasteiger charge is -2.21. The molecule has 0 unspecified atom stereocenters. The largest absolute Gasteiger partial charge is 0.384 e. The molecule has 1 heterocycles. The normalized spacial score (nSPS) is 13.1. The van der Waals surface area contributed by atoms with E-state index < -0.39 is 12.7 Å². The highest BCUT2D eigenvalue weighted by Crippen LogP contribution is 2.41. The molecule has 1 N–H and O–H groups in total. The molecule has 3 nitrogen and oxygen atoms in total. The van der Waals surface area contributed by atoms with E-state index in [9.17, 15) is 9.67 Å². The van der Waals surface area contributed by atoms with Gasteiger partial charge in [0.15, 0.2) is 0 Å². The Bertz CT molecular complexity index is 723. The molecule has 0 aliphatic heterocycles. The average Bonchev–Trinajstić information content (AvgIpc) is 2.34. The summed E-state index contributed by atoms with van der Waals surface area (Å²) in [4.78, 5) is 4.55. The van der Waals surface area contributed by atoms with Crippen molar-refractivity contribution in [1.29, 1.82) is 0 Å². The first-order chi connectivity index (χ1) is 9.51. The second-order valence-corrected chi connectivity index (χ2v) is 9.98. The first-order valence-electron chi connectivity index (χ1n) is 7.24. The van der Waals surface area contributed by atoms with Crippen LogP contribution in [0, 0.1) is 0 Å². The van der Waals surface area contributed by atoms with Crippen molar-refractivity contribution in [3.05, 3.63) is 35.5 Å². The van der Waals surface area contributed by atoms with Gasteiger partial charge in [-0.3, -0.25) is 0 Å². The number of hydrogen-bond acceptors (Lipinski definition) is 3. The minimum Gasteiger partial charge on any atom is -0.384 e. The summed E-state index contributed by atoms with van der Waals surface area (Å²) in [5, 5.41) is 12.0. The molecule has 0 amide bonds. The van der Waals surface area contributed by atoms with Crippen molar-refractivity contribution in [2.24, 2.45) is 0 Å². The fourth-order valence-corrected chi connectivity index (χ4v) is 4.34. The average molecular weight is 305 g/mol. The lowest BCUT2D eigenvalue weighted by molar-refractivity contribution is 0.0742. The second kappa shape index (κ2) is 5.23. The van der Waals surface area contributed by atoms with E-state index in [1.54, 1.807) is 27.2 Å². The van der Waals surface area contributed by atoms with Crippen molar-refractivity contribution in [1.82, 2.24) is 4.98 Å². The van der Waals surface area contributed by atoms with Gasteiger partial charge in [-0.2, -0.15) is 0 Å². The molecule has 0 fully saturated rings. The van der Waals surface area contributed by atoms with Gasteiger partial charge in [0.1, 0.15) is 12.7 Å². The third-order valence-electron chi connectivity index (χ3n) is 3.66. The molecule has 21 heavy (non-hydrogen) atoms. The van der Waals surface area contributed by atoms with Gasteiger partial charge in [-0.1, -0.05) is 26.0 Å². The zero-order valence-corrected chi connectivity index (χ0v) is 14.5. The van der Waals surface area contributed by atoms with Gasteiger partial charge in [-0.05, 0) is 50.8 Å². The molecule has 0 aliphatic carbocycles. The Balaban J connectivity index is 2.83. The molecule has 0 bridgehead atoms. The molecule has 2 aromatic rings. The predicted molar refractivity (Wildman–Crippen MR) is 90.2 cm³/mol. The molecule has 1 aromatic heterocycles. The molecule has 0 atom stereocenters. The van der Waals surface area contributed by atoms with Crippen LogP contribution in [0.25, 0.3) is 10.9 Å². The van der Waals surface area contributed by atoms with E-state index in [1.807, 2.05) is 24.3 Å². The number of benzene rings is 1. The Labute approximate surface area is 126 Å². The molecule has 0 aliphatic rings. The van der Waals surface area contributed by atoms with Crippen LogP contribution in [0.1, 0.15) is 44.9 Å². The van der Waals surface area contributed by atoms with Gasteiger partial charge in [-0.15, -0.1) is 0 Å². The maximum absolute atomic E-state index is 12.8. The number of rotatable bonds is 3. The van der Waals surface area contributed by atoms with Gasteiger partial charge in [0.25, 0.3) is 0 Å². The molecular weight excluding hydrogens is 281 g/mol. The Kier molecular flexibility index (Phi) is 4.03. The monoisotopic (exact) mass is 305 g/mol. The first-order valence-corrected chi connectivity index (χ1v) is 9.84. The number of aromatic nitrogens is 1. The van der Waals surface area contributed by atoms with Crippen molar-refractivity contribution in [2.75, 3.05) is 13.3 Å². The zero-order chi connectivity index (χ0) is 16.0. The van der Waals surface area contributed by atoms with Crippen LogP contribution in [0.4, 0.5) is 0 Å². The minimum atomic E-state index is -2.41. The summed E-state index contributed by atoms with van der Waals surface area (Å²) in [6, 6.07) is 7.74. The van der Waals surface area contributed by atoms with Crippen LogP contribution in [0.15, 0.2) is 24.3 Å². The highest BCUT2D eigenvalue weighted by Gasteiger charge is 2.23. The van der Waals surface area contributed by atoms with E-state index in [1.165, 1.54) is 0 Å². The predicted octanol–water partition coefficient (Wildman–Crippen LogP) is 3.83. The topological polar surface area (TPSA) is 50.2 Å². The van der Waals surface area contributed by atoms with Crippen LogP contribution in [-0.4, -0.2) is 23.4 Å². The van der Waals surface area contributed by atoms with Crippen LogP contribution < -0.4 is 5.30 Å². The summed E-state index contributed by atoms with van der Waals surface area (Å²) in [7, 11) is -2.41. The standard InChI is InChI=1S/C17H24NO2P/c1-11(2)12-7-9-14-13(16(12)21(5,6)20)8-10-15(18-14)17(3,4)19/h7-11,19H,1-6H3. The van der Waals surface area contributed by atoms with Gasteiger partial charge in [0.05, 0.1) is 11.2 Å². The second-order valence-electron chi connectivity index (χ2n) is 6.83. The highest BCUT2D eigenvalue weighted by molar-refractivity contribution is 7.70. The lowest BCUT2D eigenvalue weighted by atomic mass is 9.99. The summed E-state index contributed by atoms with van der Waals surface area (Å²) in [6.07, 6.45) is 0. The Morgan fingerprint density at radius 1 is 1.14 bits per heavy atom. The summed E-state index contributed by atoms with van der Waals surface area (Å²) in [5.74, 6) is 0.312. The maximum atomic E-state index is 12.8. The van der Waals surface area contributed by atoms with E-state index in [0.29, 0.717) is 11.6 Å². The molecule has 2 rings (SSSR count). The minimum absolute atomic E-state index is 0.312. The first kappa shape index (κ1) is 16.2. The molecule has 0 saturated carbocycles. The van der Waals surface area contributed by atoms with E-state index in [2.05, 4.69) is 18.8 Å². The molecule has 4 heteroatoms. The Hall–Kier alpha value is -1.18. The number of hydrogen-bond donors (Lipinski definition) is 1. The third-order valence-corrected chi connectivity index (χ3v) is 5.24. The number of pyridine rings is 1. The van der Waals surface area contributed by atoms with Gasteiger partial charge in [0, 0.05) is 10.7 Å². The van der Waals surface area contributed by atoms with Crippen LogP contribution in [-0.2, 0) is 10.2 Å². The Morgan fingerprint density at radius 2 is 1.76 bits per heavy atom. The fourth-order valence-electron chi connectivity index (χ4n) is 2.61. The maximum Gasteiger partial charge on any atom is 0.110 e. The van der Waals surface area contributed by atoms with Crippen molar-refractivity contribution < 1.29 is 9.67 Å². The van der Waals surface area contributed by atoms with E-state index in [4.69, 9.17) is 0 Å². The third kappa shape index (κ3) is 3.20. The summed E-state index contributed by atoms with van der Waals surface area (Å²) < 4.78 is 12.8. The quantitative estimate of drug-likeness (QED) is 0.877. The summed E-state index contributed by atoms with van der Waals surface area (Å²) in [5.41, 5.74) is 1.56. The summed E-state index contributed by atoms with van der Waals surface area (Å²) in [6.45, 7) is 11.3. The van der Waals surface area contributed by atoms with E-state index in [-0.39, 0.29) is 0 Å². The number of aliphatic hydroxyl groups is 1. The summed E-state index contributed by atoms with van der Waals surface area (Å²) >= 11 is 0. The lowest BCUT2D eigenvalue weighted by Crippen LogP contribution is -2.19. The molecule has 0 radical (unpaired) electrons. The Morgan fingerprint density at radius 3 is 2.24 bits per heavy atom. The molecule has 114 valence electrons. The molecular formula is C17H24NO2P. The number of fused-ring (bicyclic) bond motifs is 1. The SMILES string of the molecule is CC(C)c1ccc2nc(C(C)(C)O)ccc2c1P(C)(C)=O. The highest BCUT2D eigenvalue weighted by atomic mass is 31.2. The smallest absolute Gasteiger partial charge is 0.110 e. The van der Waals surface area contributed by atoms with Crippen molar-refractivity contribution in [2.45, 2.75) is 39.2 Å². The molecule has 0 saturated heterocycles. The fraction of sp³-hybridized carbons (Fsp3) is 0.471. The van der Waals surface area contributed by atoms with Crippen molar-refractivity contribution in [3.63, 3.8) is 0 Å². The van der Waals surface area contributed by atoms with Crippen LogP contribution in [0.3, 0.4) is 0 Å². The van der Waals surface area contributed by atoms with Crippen molar-refractivity contribution in [3.8, 4) is 0 Å². The van der Waals surface area contributed by atoms with Gasteiger partial charge < -0.3 is 9.67 Å². The zero-order valence-electron chi connectivity index (χ0n) is 13.6. The van der Waals surface area contributed by atoms with E-state index in [0.717, 1.165) is 21.8 Å². The van der Waals surface area contributed by atoms with Crippen molar-refractivity contribution >= 4 is 23.3 Å². The molecule has 1 aromatic carbocycles. The van der Waals surface area contributed by atoms with Crippen LogP contribution >= 0.6 is 7.14 Å². The van der Waals surface area contributed by atoms with Crippen LogP contribution in [0.5, 0.6) is 0 Å². The van der Waals surface area contributed by atoms with Gasteiger partial charge >= 0.3 is 0 Å². The van der Waals surface area contributed by atoms with Crippen LogP contribution in [0.2, 0.25) is 0 Å². The molecule has 0 spiro atoms. The number of nitrogens with zero attached hydrogens (tertiary/aromatic N) is 1. The van der Waals surface area contributed by atoms with E-state index >= 15 is 0 Å². The van der Waals surface area contributed by atoms with Gasteiger partial charge in [-0.25, -0.2) is 4.98 Å².